The summed E-state index contributed by atoms with van der Waals surface area (Å²) in [5.41, 5.74) is -0.371. The second-order valence-corrected chi connectivity index (χ2v) is 6.70. The molecule has 1 fully saturated rings. The van der Waals surface area contributed by atoms with Crippen LogP contribution >= 0.6 is 11.6 Å². The number of ether oxygens (including phenoxy) is 1. The lowest BCUT2D eigenvalue weighted by atomic mass is 9.64. The smallest absolute Gasteiger partial charge is 0.259 e. The van der Waals surface area contributed by atoms with Gasteiger partial charge in [-0.05, 0) is 31.4 Å². The molecule has 7 heteroatoms. The van der Waals surface area contributed by atoms with E-state index in [-0.39, 0.29) is 22.9 Å². The second-order valence-electron chi connectivity index (χ2n) is 6.29. The molecule has 1 amide bonds. The molecular formula is C18H18ClNO5. The van der Waals surface area contributed by atoms with Gasteiger partial charge in [0.25, 0.3) is 5.91 Å². The molecule has 0 aromatic heterocycles. The molecule has 132 valence electrons. The topological polar surface area (TPSA) is 92.7 Å². The Bertz CT molecular complexity index is 793. The van der Waals surface area contributed by atoms with Crippen molar-refractivity contribution in [3.05, 3.63) is 39.9 Å². The average molecular weight is 364 g/mol. The molecule has 0 bridgehead atoms. The lowest BCUT2D eigenvalue weighted by molar-refractivity contribution is -0.129. The number of amides is 1. The highest BCUT2D eigenvalue weighted by atomic mass is 35.5. The molecule has 1 aliphatic heterocycles. The molecule has 1 aromatic carbocycles. The summed E-state index contributed by atoms with van der Waals surface area (Å²) in [4.78, 5) is 36.8. The minimum absolute atomic E-state index is 0.214. The van der Waals surface area contributed by atoms with E-state index in [1.54, 1.807) is 18.2 Å². The number of carbonyl (C=O) groups excluding carboxylic acids is 3. The van der Waals surface area contributed by atoms with Gasteiger partial charge >= 0.3 is 0 Å². The number of aliphatic hydroxyl groups is 1. The molecule has 0 atom stereocenters. The third-order valence-electron chi connectivity index (χ3n) is 4.74. The Balaban J connectivity index is 2.16. The standard InChI is InChI=1S/C18H18ClNO5/c1-10(21)9-20-17(24)14-15(22)13-11(3-2-4-12(13)19)18(16(14)23)5-7-25-8-6-18/h2-4,22H,5-9H2,1H3,(H,20,24). The molecule has 1 spiro atoms. The number of rotatable bonds is 3. The van der Waals surface area contributed by atoms with Crippen molar-refractivity contribution in [3.8, 4) is 0 Å². The van der Waals surface area contributed by atoms with Crippen molar-refractivity contribution in [1.29, 1.82) is 0 Å². The van der Waals surface area contributed by atoms with E-state index in [0.29, 0.717) is 37.2 Å². The number of aliphatic hydroxyl groups excluding tert-OH is 1. The minimum Gasteiger partial charge on any atom is -0.506 e. The largest absolute Gasteiger partial charge is 0.506 e. The molecule has 1 aliphatic carbocycles. The zero-order valence-corrected chi connectivity index (χ0v) is 14.5. The van der Waals surface area contributed by atoms with E-state index >= 15 is 0 Å². The number of benzene rings is 1. The molecule has 25 heavy (non-hydrogen) atoms. The first-order valence-corrected chi connectivity index (χ1v) is 8.39. The van der Waals surface area contributed by atoms with Crippen molar-refractivity contribution < 1.29 is 24.2 Å². The number of hydrogen-bond acceptors (Lipinski definition) is 5. The Kier molecular flexibility index (Phi) is 4.67. The van der Waals surface area contributed by atoms with E-state index in [1.807, 2.05) is 0 Å². The van der Waals surface area contributed by atoms with Crippen LogP contribution in [-0.2, 0) is 24.5 Å². The summed E-state index contributed by atoms with van der Waals surface area (Å²) in [7, 11) is 0. The monoisotopic (exact) mass is 363 g/mol. The zero-order valence-electron chi connectivity index (χ0n) is 13.7. The summed E-state index contributed by atoms with van der Waals surface area (Å²) in [6, 6.07) is 5.08. The Hall–Kier alpha value is -2.18. The highest BCUT2D eigenvalue weighted by molar-refractivity contribution is 6.35. The lowest BCUT2D eigenvalue weighted by Gasteiger charge is -2.40. The van der Waals surface area contributed by atoms with E-state index in [4.69, 9.17) is 16.3 Å². The van der Waals surface area contributed by atoms with Crippen LogP contribution in [0.1, 0.15) is 30.9 Å². The molecule has 0 radical (unpaired) electrons. The summed E-state index contributed by atoms with van der Waals surface area (Å²) in [6.07, 6.45) is 0.798. The van der Waals surface area contributed by atoms with Crippen LogP contribution in [0.2, 0.25) is 5.02 Å². The van der Waals surface area contributed by atoms with Gasteiger partial charge < -0.3 is 15.2 Å². The molecule has 6 nitrogen and oxygen atoms in total. The summed E-state index contributed by atoms with van der Waals surface area (Å²) in [5.74, 6) is -1.92. The summed E-state index contributed by atoms with van der Waals surface area (Å²) >= 11 is 6.26. The fourth-order valence-electron chi connectivity index (χ4n) is 3.48. The van der Waals surface area contributed by atoms with E-state index in [2.05, 4.69) is 5.32 Å². The average Bonchev–Trinajstić information content (AvgIpc) is 2.59. The number of Topliss-reactive ketones (excluding diaryl/α,β-unsaturated/α-hetero) is 2. The first kappa shape index (κ1) is 17.6. The maximum Gasteiger partial charge on any atom is 0.259 e. The maximum absolute atomic E-state index is 13.2. The van der Waals surface area contributed by atoms with Gasteiger partial charge in [0, 0.05) is 18.8 Å². The Morgan fingerprint density at radius 3 is 2.64 bits per heavy atom. The fraction of sp³-hybridized carbons (Fsp3) is 0.389. The normalized spacial score (nSPS) is 18.9. The van der Waals surface area contributed by atoms with Crippen LogP contribution in [-0.4, -0.2) is 42.3 Å². The summed E-state index contributed by atoms with van der Waals surface area (Å²) in [6.45, 7) is 1.86. The van der Waals surface area contributed by atoms with Gasteiger partial charge in [0.15, 0.2) is 5.78 Å². The summed E-state index contributed by atoms with van der Waals surface area (Å²) < 4.78 is 5.38. The number of ketones is 2. The molecule has 0 saturated carbocycles. The molecule has 3 rings (SSSR count). The van der Waals surface area contributed by atoms with E-state index in [1.165, 1.54) is 6.92 Å². The molecular weight excluding hydrogens is 346 g/mol. The van der Waals surface area contributed by atoms with Crippen LogP contribution in [0.15, 0.2) is 23.8 Å². The van der Waals surface area contributed by atoms with Gasteiger partial charge in [-0.15, -0.1) is 0 Å². The van der Waals surface area contributed by atoms with Crippen molar-refractivity contribution in [3.63, 3.8) is 0 Å². The van der Waals surface area contributed by atoms with Gasteiger partial charge in [0.05, 0.1) is 17.0 Å². The van der Waals surface area contributed by atoms with E-state index in [0.717, 1.165) is 0 Å². The van der Waals surface area contributed by atoms with Crippen molar-refractivity contribution in [2.45, 2.75) is 25.2 Å². The molecule has 1 saturated heterocycles. The third-order valence-corrected chi connectivity index (χ3v) is 5.05. The fourth-order valence-corrected chi connectivity index (χ4v) is 3.74. The van der Waals surface area contributed by atoms with Gasteiger partial charge in [-0.2, -0.15) is 0 Å². The predicted octanol–water partition coefficient (Wildman–Crippen LogP) is 1.95. The summed E-state index contributed by atoms with van der Waals surface area (Å²) in [5, 5.41) is 13.3. The predicted molar refractivity (Wildman–Crippen MR) is 91.4 cm³/mol. The Labute approximate surface area is 149 Å². The molecule has 1 heterocycles. The van der Waals surface area contributed by atoms with Crippen LogP contribution in [0.4, 0.5) is 0 Å². The number of fused-ring (bicyclic) bond motifs is 2. The van der Waals surface area contributed by atoms with Crippen molar-refractivity contribution in [2.75, 3.05) is 19.8 Å². The Morgan fingerprint density at radius 1 is 1.32 bits per heavy atom. The molecule has 2 aliphatic rings. The van der Waals surface area contributed by atoms with Crippen LogP contribution in [0.25, 0.3) is 5.76 Å². The lowest BCUT2D eigenvalue weighted by Crippen LogP contribution is -2.48. The number of halogens is 1. The van der Waals surface area contributed by atoms with Crippen LogP contribution in [0, 0.1) is 0 Å². The zero-order chi connectivity index (χ0) is 18.2. The highest BCUT2D eigenvalue weighted by Crippen LogP contribution is 2.47. The first-order chi connectivity index (χ1) is 11.9. The SMILES string of the molecule is CC(=O)CNC(=O)C1=C(O)c2c(Cl)cccc2C2(CCOCC2)C1=O. The third kappa shape index (κ3) is 2.85. The van der Waals surface area contributed by atoms with Crippen molar-refractivity contribution >= 4 is 34.8 Å². The van der Waals surface area contributed by atoms with E-state index < -0.39 is 22.9 Å². The van der Waals surface area contributed by atoms with Crippen LogP contribution in [0.5, 0.6) is 0 Å². The van der Waals surface area contributed by atoms with Gasteiger partial charge in [0.1, 0.15) is 17.1 Å². The van der Waals surface area contributed by atoms with Crippen LogP contribution < -0.4 is 5.32 Å². The quantitative estimate of drug-likeness (QED) is 0.801. The molecule has 2 N–H and O–H groups in total. The highest BCUT2D eigenvalue weighted by Gasteiger charge is 2.50. The second kappa shape index (κ2) is 6.61. The number of nitrogens with one attached hydrogen (secondary N) is 1. The Morgan fingerprint density at radius 2 is 2.00 bits per heavy atom. The van der Waals surface area contributed by atoms with Crippen molar-refractivity contribution in [1.82, 2.24) is 5.32 Å². The maximum atomic E-state index is 13.2. The molecule has 0 unspecified atom stereocenters. The number of hydrogen-bond donors (Lipinski definition) is 2. The van der Waals surface area contributed by atoms with Gasteiger partial charge in [-0.3, -0.25) is 14.4 Å². The van der Waals surface area contributed by atoms with Gasteiger partial charge in [-0.1, -0.05) is 23.7 Å². The van der Waals surface area contributed by atoms with Crippen molar-refractivity contribution in [2.24, 2.45) is 0 Å². The van der Waals surface area contributed by atoms with E-state index in [9.17, 15) is 19.5 Å². The molecule has 1 aromatic rings. The number of carbonyl (C=O) groups is 3. The van der Waals surface area contributed by atoms with Crippen LogP contribution in [0.3, 0.4) is 0 Å². The minimum atomic E-state index is -0.951. The van der Waals surface area contributed by atoms with Gasteiger partial charge in [-0.25, -0.2) is 0 Å². The van der Waals surface area contributed by atoms with Gasteiger partial charge in [0.2, 0.25) is 0 Å². The first-order valence-electron chi connectivity index (χ1n) is 8.01.